The van der Waals surface area contributed by atoms with E-state index in [4.69, 9.17) is 0 Å². The summed E-state index contributed by atoms with van der Waals surface area (Å²) in [7, 11) is 0. The number of hydrogen-bond donors (Lipinski definition) is 1. The Hall–Kier alpha value is -3.55. The van der Waals surface area contributed by atoms with Gasteiger partial charge in [0.05, 0.1) is 15.9 Å². The molecule has 0 heterocycles. The number of nitrogens with zero attached hydrogens (tertiary/aromatic N) is 3. The van der Waals surface area contributed by atoms with Crippen LogP contribution in [0.15, 0.2) is 59.7 Å². The van der Waals surface area contributed by atoms with Crippen molar-refractivity contribution in [2.75, 3.05) is 5.43 Å². The molecule has 0 radical (unpaired) electrons. The lowest BCUT2D eigenvalue weighted by Gasteiger charge is -2.04. The van der Waals surface area contributed by atoms with Gasteiger partial charge in [0.2, 0.25) is 0 Å². The molecule has 0 aliphatic heterocycles. The van der Waals surface area contributed by atoms with Gasteiger partial charge in [0.15, 0.2) is 0 Å². The molecule has 8 nitrogen and oxygen atoms in total. The van der Waals surface area contributed by atoms with Crippen LogP contribution in [0.5, 0.6) is 0 Å². The molecule has 0 aliphatic carbocycles. The van der Waals surface area contributed by atoms with Gasteiger partial charge in [0.1, 0.15) is 5.69 Å². The van der Waals surface area contributed by atoms with E-state index in [0.29, 0.717) is 6.42 Å². The summed E-state index contributed by atoms with van der Waals surface area (Å²) in [6.45, 7) is 1.81. The highest BCUT2D eigenvalue weighted by molar-refractivity contribution is 5.83. The summed E-state index contributed by atoms with van der Waals surface area (Å²) in [6.07, 6.45) is 5.50. The van der Waals surface area contributed by atoms with Crippen molar-refractivity contribution >= 4 is 28.8 Å². The molecule has 0 aliphatic rings. The maximum Gasteiger partial charge on any atom is 0.301 e. The van der Waals surface area contributed by atoms with Crippen LogP contribution in [0.25, 0.3) is 6.08 Å². The van der Waals surface area contributed by atoms with Gasteiger partial charge in [-0.2, -0.15) is 5.10 Å². The third-order valence-corrected chi connectivity index (χ3v) is 3.54. The fourth-order valence-corrected chi connectivity index (χ4v) is 2.17. The second-order valence-electron chi connectivity index (χ2n) is 5.53. The van der Waals surface area contributed by atoms with Gasteiger partial charge in [-0.05, 0) is 31.4 Å². The molecule has 26 heavy (non-hydrogen) atoms. The molecule has 0 unspecified atom stereocenters. The predicted molar refractivity (Wildman–Crippen MR) is 101 cm³/mol. The maximum absolute atomic E-state index is 11.1. The number of non-ortho nitro benzene ring substituents is 1. The van der Waals surface area contributed by atoms with Crippen molar-refractivity contribution in [1.82, 2.24) is 0 Å². The summed E-state index contributed by atoms with van der Waals surface area (Å²) in [5.41, 5.74) is 3.87. The molecule has 8 heteroatoms. The fraction of sp³-hybridized carbons (Fsp3) is 0.167. The number of allylic oxidation sites excluding steroid dienone is 1. The van der Waals surface area contributed by atoms with Crippen molar-refractivity contribution in [2.24, 2.45) is 5.10 Å². The monoisotopic (exact) mass is 354 g/mol. The first-order chi connectivity index (χ1) is 12.5. The molecule has 0 saturated carbocycles. The van der Waals surface area contributed by atoms with Crippen molar-refractivity contribution in [3.8, 4) is 0 Å². The Balaban J connectivity index is 1.96. The Morgan fingerprint density at radius 3 is 2.50 bits per heavy atom. The van der Waals surface area contributed by atoms with Gasteiger partial charge < -0.3 is 0 Å². The highest BCUT2D eigenvalue weighted by Crippen LogP contribution is 2.28. The van der Waals surface area contributed by atoms with Gasteiger partial charge >= 0.3 is 5.69 Å². The van der Waals surface area contributed by atoms with Crippen LogP contribution in [-0.4, -0.2) is 15.6 Å². The highest BCUT2D eigenvalue weighted by atomic mass is 16.6. The number of nitrogens with one attached hydrogen (secondary N) is 1. The Bertz CT molecular complexity index is 848. The Morgan fingerprint density at radius 1 is 1.12 bits per heavy atom. The number of nitro benzene ring substituents is 2. The van der Waals surface area contributed by atoms with Crippen LogP contribution in [0.2, 0.25) is 0 Å². The fourth-order valence-electron chi connectivity index (χ4n) is 2.17. The summed E-state index contributed by atoms with van der Waals surface area (Å²) in [5, 5.41) is 25.9. The molecule has 0 saturated heterocycles. The second-order valence-corrected chi connectivity index (χ2v) is 5.53. The van der Waals surface area contributed by atoms with Crippen molar-refractivity contribution in [3.63, 3.8) is 0 Å². The molecular formula is C18H18N4O4. The van der Waals surface area contributed by atoms with Crippen LogP contribution in [0, 0.1) is 20.2 Å². The van der Waals surface area contributed by atoms with Crippen LogP contribution in [-0.2, 0) is 0 Å². The number of rotatable bonds is 8. The summed E-state index contributed by atoms with van der Waals surface area (Å²) in [5.74, 6) is 0. The lowest BCUT2D eigenvalue weighted by Crippen LogP contribution is -2.01. The van der Waals surface area contributed by atoms with Crippen molar-refractivity contribution in [1.29, 1.82) is 0 Å². The standard InChI is InChI=1S/C18H18N4O4/c1-14(7-5-6-10-15-8-3-2-4-9-15)19-20-17-12-11-16(21(23)24)13-18(17)22(25)26/h2-4,6,8-13,20H,5,7H2,1H3. The molecule has 0 aromatic heterocycles. The predicted octanol–water partition coefficient (Wildman–Crippen LogP) is 4.78. The zero-order chi connectivity index (χ0) is 18.9. The minimum atomic E-state index is -0.678. The summed E-state index contributed by atoms with van der Waals surface area (Å²) < 4.78 is 0. The lowest BCUT2D eigenvalue weighted by atomic mass is 10.1. The van der Waals surface area contributed by atoms with Gasteiger partial charge in [-0.1, -0.05) is 42.5 Å². The first-order valence-corrected chi connectivity index (χ1v) is 7.91. The van der Waals surface area contributed by atoms with E-state index >= 15 is 0 Å². The Labute approximate surface area is 150 Å². The average molecular weight is 354 g/mol. The number of anilines is 1. The van der Waals surface area contributed by atoms with E-state index in [1.54, 1.807) is 6.92 Å². The smallest absolute Gasteiger partial charge is 0.272 e. The summed E-state index contributed by atoms with van der Waals surface area (Å²) in [4.78, 5) is 20.4. The minimum Gasteiger partial charge on any atom is -0.272 e. The molecule has 0 fully saturated rings. The zero-order valence-corrected chi connectivity index (χ0v) is 14.2. The molecule has 134 valence electrons. The van der Waals surface area contributed by atoms with Crippen LogP contribution >= 0.6 is 0 Å². The van der Waals surface area contributed by atoms with Crippen LogP contribution in [0.3, 0.4) is 0 Å². The SMILES string of the molecule is CC(CCC=Cc1ccccc1)=NNc1ccc([N+](=O)[O-])cc1[N+](=O)[O-]. The van der Waals surface area contributed by atoms with Crippen molar-refractivity contribution in [3.05, 3.63) is 80.4 Å². The van der Waals surface area contributed by atoms with E-state index in [1.807, 2.05) is 42.5 Å². The molecular weight excluding hydrogens is 336 g/mol. The van der Waals surface area contributed by atoms with E-state index in [2.05, 4.69) is 10.5 Å². The quantitative estimate of drug-likeness (QED) is 0.416. The van der Waals surface area contributed by atoms with Crippen molar-refractivity contribution in [2.45, 2.75) is 19.8 Å². The number of benzene rings is 2. The van der Waals surface area contributed by atoms with E-state index < -0.39 is 9.85 Å². The molecule has 1 N–H and O–H groups in total. The topological polar surface area (TPSA) is 111 Å². The second kappa shape index (κ2) is 9.07. The molecule has 0 atom stereocenters. The van der Waals surface area contributed by atoms with Gasteiger partial charge in [0.25, 0.3) is 5.69 Å². The van der Waals surface area contributed by atoms with Crippen LogP contribution < -0.4 is 5.43 Å². The van der Waals surface area contributed by atoms with Gasteiger partial charge in [-0.3, -0.25) is 25.7 Å². The highest BCUT2D eigenvalue weighted by Gasteiger charge is 2.19. The number of hydrazone groups is 1. The Kier molecular flexibility index (Phi) is 6.55. The molecule has 0 spiro atoms. The Morgan fingerprint density at radius 2 is 1.85 bits per heavy atom. The first-order valence-electron chi connectivity index (χ1n) is 7.91. The third kappa shape index (κ3) is 5.52. The van der Waals surface area contributed by atoms with E-state index in [0.717, 1.165) is 23.8 Å². The van der Waals surface area contributed by atoms with Gasteiger partial charge in [-0.15, -0.1) is 0 Å². The summed E-state index contributed by atoms with van der Waals surface area (Å²) in [6, 6.07) is 13.3. The molecule has 2 rings (SSSR count). The van der Waals surface area contributed by atoms with Crippen molar-refractivity contribution < 1.29 is 9.85 Å². The van der Waals surface area contributed by atoms with E-state index in [9.17, 15) is 20.2 Å². The lowest BCUT2D eigenvalue weighted by molar-refractivity contribution is -0.393. The van der Waals surface area contributed by atoms with Gasteiger partial charge in [-0.25, -0.2) is 0 Å². The minimum absolute atomic E-state index is 0.111. The van der Waals surface area contributed by atoms with Gasteiger partial charge in [0, 0.05) is 11.8 Å². The normalized spacial score (nSPS) is 11.5. The van der Waals surface area contributed by atoms with Crippen LogP contribution in [0.4, 0.5) is 17.1 Å². The van der Waals surface area contributed by atoms with E-state index in [-0.39, 0.29) is 17.1 Å². The molecule has 0 amide bonds. The molecule has 0 bridgehead atoms. The molecule has 2 aromatic rings. The van der Waals surface area contributed by atoms with E-state index in [1.165, 1.54) is 12.1 Å². The van der Waals surface area contributed by atoms with Crippen LogP contribution in [0.1, 0.15) is 25.3 Å². The maximum atomic E-state index is 11.1. The average Bonchev–Trinajstić information content (AvgIpc) is 2.64. The molecule has 2 aromatic carbocycles. The largest absolute Gasteiger partial charge is 0.301 e. The first kappa shape index (κ1) is 18.8. The third-order valence-electron chi connectivity index (χ3n) is 3.54. The number of nitro groups is 2. The summed E-state index contributed by atoms with van der Waals surface area (Å²) >= 11 is 0. The number of hydrogen-bond acceptors (Lipinski definition) is 6. The zero-order valence-electron chi connectivity index (χ0n) is 14.2.